The van der Waals surface area contributed by atoms with Gasteiger partial charge >= 0.3 is 0 Å². The average Bonchev–Trinajstić information content (AvgIpc) is 3.70. The number of carboxylic acids is 1. The van der Waals surface area contributed by atoms with Crippen LogP contribution in [0, 0.1) is 30.1 Å². The normalized spacial score (nSPS) is 18.6. The molecule has 0 saturated carbocycles. The zero-order valence-electron chi connectivity index (χ0n) is 37.2. The number of aliphatic carboxylic acids is 1. The Morgan fingerprint density at radius 3 is 2.26 bits per heavy atom. The average molecular weight is 865 g/mol. The summed E-state index contributed by atoms with van der Waals surface area (Å²) in [5.41, 5.74) is 6.64. The fourth-order valence-corrected chi connectivity index (χ4v) is 12.0. The Hall–Kier alpha value is -5.47. The van der Waals surface area contributed by atoms with Crippen LogP contribution in [0.5, 0.6) is 0 Å². The molecule has 0 bridgehead atoms. The van der Waals surface area contributed by atoms with Gasteiger partial charge in [0.05, 0.1) is 17.9 Å². The molecule has 1 saturated heterocycles. The first-order valence-electron chi connectivity index (χ1n) is 21.8. The van der Waals surface area contributed by atoms with E-state index in [9.17, 15) is 39.0 Å². The molecule has 62 heavy (non-hydrogen) atoms. The highest BCUT2D eigenvalue weighted by molar-refractivity contribution is 6.98. The maximum atomic E-state index is 14.3. The van der Waals surface area contributed by atoms with Crippen LogP contribution in [0.2, 0.25) is 13.1 Å². The topological polar surface area (TPSA) is 209 Å². The van der Waals surface area contributed by atoms with E-state index >= 15 is 0 Å². The highest BCUT2D eigenvalue weighted by Gasteiger charge is 2.42. The number of carbonyl (C=O) groups is 6. The van der Waals surface area contributed by atoms with E-state index in [0.29, 0.717) is 37.1 Å². The second-order valence-electron chi connectivity index (χ2n) is 18.4. The molecule has 2 aromatic rings. The van der Waals surface area contributed by atoms with Crippen LogP contribution in [0.25, 0.3) is 5.57 Å². The standard InChI is InChI=1S/C48H63N5O8Si/c1-27(2)22-31(24-39(55)37(23-28(3)4)51-47(60)38-14-11-21-53(38)48(61)45(30(6)54)52-42(56)19-20-43(57)58)46(59)50-33-16-18-36-41(26-33)62(7,8)40-25-32(49)15-17-35(40)44(36)34-13-10-9-12-29(34)5/h9-10,12-13,15-18,25-28,30-31,37-38,45,49,54H,11,14,19-24H2,1-8H3,(H,50,59)(H,51,60)(H,52,56)(H,57,58)/p-1/t30?,31-,37+,38+,45+/m1/s1. The van der Waals surface area contributed by atoms with E-state index in [1.807, 2.05) is 58.0 Å². The summed E-state index contributed by atoms with van der Waals surface area (Å²) >= 11 is 0. The Kier molecular flexibility index (Phi) is 15.5. The van der Waals surface area contributed by atoms with Gasteiger partial charge in [0.2, 0.25) is 23.6 Å². The highest BCUT2D eigenvalue weighted by atomic mass is 28.3. The van der Waals surface area contributed by atoms with Gasteiger partial charge in [-0.25, -0.2) is 0 Å². The molecule has 5 N–H and O–H groups in total. The van der Waals surface area contributed by atoms with Gasteiger partial charge in [-0.15, -0.1) is 0 Å². The summed E-state index contributed by atoms with van der Waals surface area (Å²) in [5.74, 6) is -4.65. The number of allylic oxidation sites excluding steroid dienone is 5. The van der Waals surface area contributed by atoms with Gasteiger partial charge in [0, 0.05) is 37.0 Å². The fourth-order valence-electron chi connectivity index (χ4n) is 8.89. The zero-order chi connectivity index (χ0) is 45.6. The third-order valence-electron chi connectivity index (χ3n) is 12.1. The molecule has 0 aromatic heterocycles. The van der Waals surface area contributed by atoms with Gasteiger partial charge in [-0.3, -0.25) is 24.0 Å². The van der Waals surface area contributed by atoms with Crippen molar-refractivity contribution in [1.29, 1.82) is 5.41 Å². The lowest BCUT2D eigenvalue weighted by Gasteiger charge is -2.38. The molecular formula is C48H62N5O8Si-. The van der Waals surface area contributed by atoms with E-state index in [0.717, 1.165) is 38.2 Å². The first-order chi connectivity index (χ1) is 29.2. The maximum absolute atomic E-state index is 14.3. The second kappa shape index (κ2) is 20.1. The van der Waals surface area contributed by atoms with E-state index in [4.69, 9.17) is 5.41 Å². The van der Waals surface area contributed by atoms with Crippen LogP contribution in [0.1, 0.15) is 96.3 Å². The van der Waals surface area contributed by atoms with Gasteiger partial charge in [-0.1, -0.05) is 77.2 Å². The van der Waals surface area contributed by atoms with Gasteiger partial charge in [0.15, 0.2) is 5.78 Å². The van der Waals surface area contributed by atoms with Crippen LogP contribution in [0.3, 0.4) is 0 Å². The van der Waals surface area contributed by atoms with Crippen molar-refractivity contribution in [2.24, 2.45) is 17.8 Å². The lowest BCUT2D eigenvalue weighted by atomic mass is 9.87. The summed E-state index contributed by atoms with van der Waals surface area (Å²) in [6.45, 7) is 16.0. The number of anilines is 1. The Morgan fingerprint density at radius 1 is 0.919 bits per heavy atom. The summed E-state index contributed by atoms with van der Waals surface area (Å²) in [7, 11) is -2.38. The van der Waals surface area contributed by atoms with Crippen LogP contribution in [0.4, 0.5) is 5.69 Å². The van der Waals surface area contributed by atoms with Gasteiger partial charge in [0.25, 0.3) is 0 Å². The third-order valence-corrected chi connectivity index (χ3v) is 15.6. The summed E-state index contributed by atoms with van der Waals surface area (Å²) in [4.78, 5) is 80.6. The van der Waals surface area contributed by atoms with Crippen LogP contribution in [0.15, 0.2) is 71.5 Å². The van der Waals surface area contributed by atoms with E-state index in [2.05, 4.69) is 66.3 Å². The fraction of sp³-hybridized carbons (Fsp3) is 0.479. The number of carbonyl (C=O) groups excluding carboxylic acids is 6. The number of likely N-dealkylation sites (tertiary alicyclic amines) is 1. The molecule has 13 nitrogen and oxygen atoms in total. The second-order valence-corrected chi connectivity index (χ2v) is 22.7. The first-order valence-corrected chi connectivity index (χ1v) is 24.8. The lowest BCUT2D eigenvalue weighted by molar-refractivity contribution is -0.305. The number of fused-ring (bicyclic) bond motifs is 2. The number of aryl methyl sites for hydroxylation is 1. The number of rotatable bonds is 18. The Balaban J connectivity index is 1.35. The van der Waals surface area contributed by atoms with Gasteiger partial charge < -0.3 is 41.3 Å². The molecule has 0 spiro atoms. The predicted molar refractivity (Wildman–Crippen MR) is 241 cm³/mol. The molecule has 4 amide bonds. The molecular weight excluding hydrogens is 803 g/mol. The summed E-state index contributed by atoms with van der Waals surface area (Å²) in [6, 6.07) is 11.0. The van der Waals surface area contributed by atoms with Crippen molar-refractivity contribution >= 4 is 65.6 Å². The molecule has 2 aliphatic heterocycles. The number of ketones is 1. The van der Waals surface area contributed by atoms with E-state index in [1.54, 1.807) is 0 Å². The zero-order valence-corrected chi connectivity index (χ0v) is 38.2. The van der Waals surface area contributed by atoms with Gasteiger partial charge in [-0.2, -0.15) is 0 Å². The Morgan fingerprint density at radius 2 is 1.61 bits per heavy atom. The minimum absolute atomic E-state index is 0.000537. The number of carboxylic acid groups (broad SMARTS) is 1. The number of hydrogen-bond donors (Lipinski definition) is 5. The van der Waals surface area contributed by atoms with Crippen molar-refractivity contribution < 1.29 is 39.0 Å². The van der Waals surface area contributed by atoms with Gasteiger partial charge in [0.1, 0.15) is 20.2 Å². The highest BCUT2D eigenvalue weighted by Crippen LogP contribution is 2.42. The minimum atomic E-state index is -2.38. The van der Waals surface area contributed by atoms with Crippen LogP contribution in [-0.4, -0.2) is 89.9 Å². The smallest absolute Gasteiger partial charge is 0.248 e. The number of aliphatic hydroxyl groups is 1. The number of nitrogens with one attached hydrogen (secondary N) is 4. The molecule has 2 heterocycles. The minimum Gasteiger partial charge on any atom is -0.550 e. The number of aliphatic hydroxyl groups excluding tert-OH is 1. The molecule has 1 fully saturated rings. The number of benzene rings is 2. The molecule has 332 valence electrons. The number of hydrogen-bond acceptors (Lipinski definition) is 9. The molecule has 0 radical (unpaired) electrons. The monoisotopic (exact) mass is 864 g/mol. The van der Waals surface area contributed by atoms with Crippen molar-refractivity contribution in [2.75, 3.05) is 11.9 Å². The summed E-state index contributed by atoms with van der Waals surface area (Å²) in [5, 5.41) is 40.5. The van der Waals surface area contributed by atoms with Crippen molar-refractivity contribution in [2.45, 2.75) is 124 Å². The molecule has 5 rings (SSSR count). The first kappa shape index (κ1) is 47.6. The number of Topliss-reactive ketones (excluding diaryl/α,β-unsaturated/α-hetero) is 1. The Bertz CT molecular complexity index is 2200. The quantitative estimate of drug-likeness (QED) is 0.137. The van der Waals surface area contributed by atoms with Crippen LogP contribution < -0.4 is 26.2 Å². The van der Waals surface area contributed by atoms with Crippen molar-refractivity contribution in [3.63, 3.8) is 0 Å². The van der Waals surface area contributed by atoms with Crippen molar-refractivity contribution in [1.82, 2.24) is 15.5 Å². The number of nitrogens with zero attached hydrogens (tertiary/aromatic N) is 1. The largest absolute Gasteiger partial charge is 0.550 e. The number of amides is 4. The lowest BCUT2D eigenvalue weighted by Crippen LogP contribution is -2.58. The molecule has 1 aliphatic carbocycles. The summed E-state index contributed by atoms with van der Waals surface area (Å²) in [6.07, 6.45) is 4.91. The van der Waals surface area contributed by atoms with Gasteiger partial charge in [-0.05, 0) is 120 Å². The van der Waals surface area contributed by atoms with E-state index < -0.39 is 74.8 Å². The molecule has 1 unspecified atom stereocenters. The summed E-state index contributed by atoms with van der Waals surface area (Å²) < 4.78 is 0. The van der Waals surface area contributed by atoms with Crippen LogP contribution in [-0.2, 0) is 28.8 Å². The predicted octanol–water partition coefficient (Wildman–Crippen LogP) is 4.26. The molecule has 14 heteroatoms. The van der Waals surface area contributed by atoms with Crippen molar-refractivity contribution in [3.8, 4) is 0 Å². The maximum Gasteiger partial charge on any atom is 0.248 e. The van der Waals surface area contributed by atoms with E-state index in [1.165, 1.54) is 11.8 Å². The Labute approximate surface area is 366 Å². The van der Waals surface area contributed by atoms with Crippen molar-refractivity contribution in [3.05, 3.63) is 88.2 Å². The van der Waals surface area contributed by atoms with E-state index in [-0.39, 0.29) is 36.5 Å². The molecule has 3 aliphatic rings. The van der Waals surface area contributed by atoms with Crippen LogP contribution >= 0.6 is 0 Å². The molecule has 2 aromatic carbocycles. The molecule has 5 atom stereocenters. The third kappa shape index (κ3) is 11.1. The SMILES string of the molecule is Cc1ccccc1C1=C2C=CC(=N)C=C2[Si](C)(C)c2cc(NC(=O)[C@@H](CC(=O)[C@H](CC(C)C)NC(=O)[C@@H]3CCCN3C(=O)[C@@H](NC(=O)CCC(=O)[O-])C(C)O)CC(C)C)ccc21.